The van der Waals surface area contributed by atoms with Crippen LogP contribution in [0.25, 0.3) is 0 Å². The van der Waals surface area contributed by atoms with E-state index in [1.807, 2.05) is 41.0 Å². The molecule has 0 aliphatic rings. The standard InChI is InChI=1S/C15H12ClN3/c16-15-18-17-11-19(15)14(12-7-3-1-4-8-12)13-9-5-2-6-10-13/h1-11,14H. The highest BCUT2D eigenvalue weighted by molar-refractivity contribution is 6.28. The minimum atomic E-state index is -0.00935. The van der Waals surface area contributed by atoms with E-state index in [-0.39, 0.29) is 6.04 Å². The van der Waals surface area contributed by atoms with Crippen LogP contribution in [0, 0.1) is 0 Å². The van der Waals surface area contributed by atoms with Crippen LogP contribution in [0.5, 0.6) is 0 Å². The minimum Gasteiger partial charge on any atom is -0.293 e. The van der Waals surface area contributed by atoms with E-state index in [2.05, 4.69) is 34.5 Å². The predicted molar refractivity (Wildman–Crippen MR) is 75.2 cm³/mol. The highest BCUT2D eigenvalue weighted by atomic mass is 35.5. The molecule has 0 unspecified atom stereocenters. The first-order valence-electron chi connectivity index (χ1n) is 6.01. The predicted octanol–water partition coefficient (Wildman–Crippen LogP) is 3.57. The molecule has 19 heavy (non-hydrogen) atoms. The monoisotopic (exact) mass is 269 g/mol. The Morgan fingerprint density at radius 2 is 1.37 bits per heavy atom. The molecule has 0 aliphatic carbocycles. The Bertz CT molecular complexity index is 610. The van der Waals surface area contributed by atoms with Crippen molar-refractivity contribution in [2.45, 2.75) is 6.04 Å². The molecule has 0 spiro atoms. The first-order valence-corrected chi connectivity index (χ1v) is 6.39. The van der Waals surface area contributed by atoms with Crippen LogP contribution in [0.4, 0.5) is 0 Å². The van der Waals surface area contributed by atoms with Gasteiger partial charge in [0.05, 0.1) is 6.04 Å². The van der Waals surface area contributed by atoms with Crippen molar-refractivity contribution in [2.75, 3.05) is 0 Å². The third kappa shape index (κ3) is 2.37. The van der Waals surface area contributed by atoms with Gasteiger partial charge in [-0.2, -0.15) is 0 Å². The Balaban J connectivity index is 2.15. The Hall–Kier alpha value is -2.13. The van der Waals surface area contributed by atoms with E-state index in [1.165, 1.54) is 0 Å². The lowest BCUT2D eigenvalue weighted by Gasteiger charge is -2.19. The van der Waals surface area contributed by atoms with Gasteiger partial charge in [-0.15, -0.1) is 10.2 Å². The van der Waals surface area contributed by atoms with E-state index in [0.717, 1.165) is 11.1 Å². The van der Waals surface area contributed by atoms with Gasteiger partial charge in [-0.25, -0.2) is 0 Å². The van der Waals surface area contributed by atoms with Gasteiger partial charge in [0.1, 0.15) is 6.33 Å². The highest BCUT2D eigenvalue weighted by Gasteiger charge is 2.18. The number of hydrogen-bond acceptors (Lipinski definition) is 2. The van der Waals surface area contributed by atoms with Gasteiger partial charge in [0, 0.05) is 0 Å². The maximum atomic E-state index is 6.12. The fourth-order valence-electron chi connectivity index (χ4n) is 2.19. The molecule has 0 aliphatic heterocycles. The molecule has 0 atom stereocenters. The maximum Gasteiger partial charge on any atom is 0.225 e. The molecule has 0 amide bonds. The molecule has 0 bridgehead atoms. The van der Waals surface area contributed by atoms with E-state index in [0.29, 0.717) is 5.28 Å². The van der Waals surface area contributed by atoms with Crippen molar-refractivity contribution < 1.29 is 0 Å². The van der Waals surface area contributed by atoms with Crippen LogP contribution in [0.1, 0.15) is 17.2 Å². The number of benzene rings is 2. The van der Waals surface area contributed by atoms with Crippen LogP contribution >= 0.6 is 11.6 Å². The lowest BCUT2D eigenvalue weighted by molar-refractivity contribution is 0.675. The van der Waals surface area contributed by atoms with Gasteiger partial charge in [0.25, 0.3) is 0 Å². The molecule has 3 rings (SSSR count). The van der Waals surface area contributed by atoms with Crippen molar-refractivity contribution in [3.8, 4) is 0 Å². The van der Waals surface area contributed by atoms with Gasteiger partial charge in [0.15, 0.2) is 0 Å². The van der Waals surface area contributed by atoms with Crippen molar-refractivity contribution in [3.05, 3.63) is 83.4 Å². The molecule has 0 N–H and O–H groups in total. The SMILES string of the molecule is Clc1nncn1C(c1ccccc1)c1ccccc1. The molecule has 0 saturated heterocycles. The summed E-state index contributed by atoms with van der Waals surface area (Å²) in [6, 6.07) is 20.4. The number of rotatable bonds is 3. The summed E-state index contributed by atoms with van der Waals surface area (Å²) in [5.41, 5.74) is 2.30. The van der Waals surface area contributed by atoms with Crippen LogP contribution in [0.2, 0.25) is 5.28 Å². The smallest absolute Gasteiger partial charge is 0.225 e. The van der Waals surface area contributed by atoms with Crippen LogP contribution < -0.4 is 0 Å². The van der Waals surface area contributed by atoms with Crippen LogP contribution in [0.3, 0.4) is 0 Å². The summed E-state index contributed by atoms with van der Waals surface area (Å²) in [6.45, 7) is 0. The summed E-state index contributed by atoms with van der Waals surface area (Å²) >= 11 is 6.12. The third-order valence-corrected chi connectivity index (χ3v) is 3.31. The number of halogens is 1. The summed E-state index contributed by atoms with van der Waals surface area (Å²) in [6.07, 6.45) is 1.66. The second-order valence-corrected chi connectivity index (χ2v) is 4.57. The van der Waals surface area contributed by atoms with Crippen molar-refractivity contribution in [2.24, 2.45) is 0 Å². The first-order chi connectivity index (χ1) is 9.36. The molecular weight excluding hydrogens is 258 g/mol. The van der Waals surface area contributed by atoms with Gasteiger partial charge in [-0.1, -0.05) is 60.7 Å². The first kappa shape index (κ1) is 11.9. The van der Waals surface area contributed by atoms with E-state index in [1.54, 1.807) is 6.33 Å². The molecule has 0 saturated carbocycles. The normalized spacial score (nSPS) is 10.8. The summed E-state index contributed by atoms with van der Waals surface area (Å²) in [5.74, 6) is 0. The van der Waals surface area contributed by atoms with Gasteiger partial charge < -0.3 is 0 Å². The number of aromatic nitrogens is 3. The number of hydrogen-bond donors (Lipinski definition) is 0. The van der Waals surface area contributed by atoms with Gasteiger partial charge in [-0.3, -0.25) is 4.57 Å². The Labute approximate surface area is 116 Å². The Morgan fingerprint density at radius 1 is 0.842 bits per heavy atom. The average Bonchev–Trinajstić information content (AvgIpc) is 2.88. The van der Waals surface area contributed by atoms with Crippen molar-refractivity contribution >= 4 is 11.6 Å². The van der Waals surface area contributed by atoms with Crippen LogP contribution in [0.15, 0.2) is 67.0 Å². The zero-order chi connectivity index (χ0) is 13.1. The van der Waals surface area contributed by atoms with E-state index >= 15 is 0 Å². The summed E-state index contributed by atoms with van der Waals surface area (Å²) in [4.78, 5) is 0. The molecular formula is C15H12ClN3. The molecule has 2 aromatic carbocycles. The third-order valence-electron chi connectivity index (χ3n) is 3.04. The Morgan fingerprint density at radius 3 is 1.79 bits per heavy atom. The minimum absolute atomic E-state index is 0.00935. The second-order valence-electron chi connectivity index (χ2n) is 4.23. The molecule has 0 radical (unpaired) electrons. The average molecular weight is 270 g/mol. The zero-order valence-electron chi connectivity index (χ0n) is 10.1. The molecule has 0 fully saturated rings. The van der Waals surface area contributed by atoms with E-state index in [4.69, 9.17) is 11.6 Å². The van der Waals surface area contributed by atoms with Crippen molar-refractivity contribution in [3.63, 3.8) is 0 Å². The van der Waals surface area contributed by atoms with E-state index in [9.17, 15) is 0 Å². The van der Waals surface area contributed by atoms with Crippen molar-refractivity contribution in [1.82, 2.24) is 14.8 Å². The molecule has 1 heterocycles. The van der Waals surface area contributed by atoms with Gasteiger partial charge in [0.2, 0.25) is 5.28 Å². The van der Waals surface area contributed by atoms with E-state index < -0.39 is 0 Å². The second kappa shape index (κ2) is 5.24. The van der Waals surface area contributed by atoms with Crippen molar-refractivity contribution in [1.29, 1.82) is 0 Å². The molecule has 3 aromatic rings. The van der Waals surface area contributed by atoms with Crippen LogP contribution in [-0.2, 0) is 0 Å². The van der Waals surface area contributed by atoms with Gasteiger partial charge >= 0.3 is 0 Å². The maximum absolute atomic E-state index is 6.12. The van der Waals surface area contributed by atoms with Gasteiger partial charge in [-0.05, 0) is 22.7 Å². The topological polar surface area (TPSA) is 30.7 Å². The molecule has 4 heteroatoms. The summed E-state index contributed by atoms with van der Waals surface area (Å²) in [7, 11) is 0. The molecule has 94 valence electrons. The fraction of sp³-hybridized carbons (Fsp3) is 0.0667. The lowest BCUT2D eigenvalue weighted by atomic mass is 9.99. The highest BCUT2D eigenvalue weighted by Crippen LogP contribution is 2.28. The van der Waals surface area contributed by atoms with Crippen LogP contribution in [-0.4, -0.2) is 14.8 Å². The summed E-state index contributed by atoms with van der Waals surface area (Å²) < 4.78 is 1.87. The quantitative estimate of drug-likeness (QED) is 0.728. The molecule has 3 nitrogen and oxygen atoms in total. The zero-order valence-corrected chi connectivity index (χ0v) is 10.9. The fourth-order valence-corrected chi connectivity index (χ4v) is 2.37. The lowest BCUT2D eigenvalue weighted by Crippen LogP contribution is -2.11. The number of nitrogens with zero attached hydrogens (tertiary/aromatic N) is 3. The molecule has 1 aromatic heterocycles. The largest absolute Gasteiger partial charge is 0.293 e. The summed E-state index contributed by atoms with van der Waals surface area (Å²) in [5, 5.41) is 8.13. The Kier molecular flexibility index (Phi) is 3.29.